The van der Waals surface area contributed by atoms with Gasteiger partial charge in [-0.2, -0.15) is 0 Å². The van der Waals surface area contributed by atoms with Crippen LogP contribution in [0.15, 0.2) is 4.99 Å². The number of carbonyl (C=O) groups excluding carboxylic acids is 1. The largest absolute Gasteiger partial charge is 0.444 e. The molecule has 170 valence electrons. The van der Waals surface area contributed by atoms with Crippen LogP contribution in [0.5, 0.6) is 0 Å². The highest BCUT2D eigenvalue weighted by Crippen LogP contribution is 2.19. The van der Waals surface area contributed by atoms with Crippen LogP contribution < -0.4 is 10.6 Å². The van der Waals surface area contributed by atoms with E-state index in [-0.39, 0.29) is 6.09 Å². The zero-order valence-corrected chi connectivity index (χ0v) is 20.0. The van der Waals surface area contributed by atoms with Crippen molar-refractivity contribution < 1.29 is 9.53 Å². The third-order valence-electron chi connectivity index (χ3n) is 5.26. The number of guanidine groups is 1. The van der Waals surface area contributed by atoms with E-state index >= 15 is 0 Å². The average Bonchev–Trinajstić information content (AvgIpc) is 2.62. The van der Waals surface area contributed by atoms with Gasteiger partial charge in [0, 0.05) is 51.9 Å². The van der Waals surface area contributed by atoms with Crippen molar-refractivity contribution in [3.05, 3.63) is 0 Å². The van der Waals surface area contributed by atoms with Gasteiger partial charge in [0.25, 0.3) is 0 Å². The fourth-order valence-corrected chi connectivity index (χ4v) is 3.69. The van der Waals surface area contributed by atoms with Crippen LogP contribution >= 0.6 is 0 Å². The predicted octanol–water partition coefficient (Wildman–Crippen LogP) is 3.31. The van der Waals surface area contributed by atoms with Gasteiger partial charge in [-0.3, -0.25) is 9.89 Å². The molecule has 1 amide bonds. The van der Waals surface area contributed by atoms with Gasteiger partial charge in [-0.05, 0) is 73.6 Å². The Labute approximate surface area is 178 Å². The molecule has 1 aliphatic rings. The lowest BCUT2D eigenvalue weighted by atomic mass is 9.97. The van der Waals surface area contributed by atoms with Crippen LogP contribution in [-0.4, -0.2) is 79.3 Å². The van der Waals surface area contributed by atoms with E-state index in [2.05, 4.69) is 48.2 Å². The molecule has 1 fully saturated rings. The lowest BCUT2D eigenvalue weighted by Crippen LogP contribution is -2.45. The van der Waals surface area contributed by atoms with Gasteiger partial charge >= 0.3 is 6.09 Å². The number of piperidine rings is 1. The molecule has 0 saturated carbocycles. The molecule has 0 radical (unpaired) electrons. The Morgan fingerprint density at radius 2 is 1.72 bits per heavy atom. The number of hydrogen-bond acceptors (Lipinski definition) is 4. The first-order valence-electron chi connectivity index (χ1n) is 11.2. The van der Waals surface area contributed by atoms with Crippen molar-refractivity contribution in [1.29, 1.82) is 0 Å². The highest BCUT2D eigenvalue weighted by atomic mass is 16.6. The first kappa shape index (κ1) is 25.5. The van der Waals surface area contributed by atoms with Crippen molar-refractivity contribution in [3.8, 4) is 0 Å². The van der Waals surface area contributed by atoms with E-state index in [0.29, 0.717) is 18.0 Å². The summed E-state index contributed by atoms with van der Waals surface area (Å²) in [5, 5.41) is 6.87. The molecule has 29 heavy (non-hydrogen) atoms. The van der Waals surface area contributed by atoms with Crippen LogP contribution in [0.25, 0.3) is 0 Å². The van der Waals surface area contributed by atoms with Crippen molar-refractivity contribution in [2.45, 2.75) is 85.4 Å². The minimum absolute atomic E-state index is 0.196. The SMILES string of the molecule is CN=C(NCCCN(C(C)C)C(C)C)NCC1CCN(C(=O)OC(C)(C)C)CC1. The summed E-state index contributed by atoms with van der Waals surface area (Å²) in [5.41, 5.74) is -0.435. The number of carbonyl (C=O) groups is 1. The maximum atomic E-state index is 12.2. The molecule has 0 aliphatic carbocycles. The number of hydrogen-bond donors (Lipinski definition) is 2. The summed E-state index contributed by atoms with van der Waals surface area (Å²) in [4.78, 5) is 20.8. The van der Waals surface area contributed by atoms with Gasteiger partial charge in [0.2, 0.25) is 0 Å². The maximum Gasteiger partial charge on any atom is 0.410 e. The Bertz CT molecular complexity index is 498. The Hall–Kier alpha value is -1.50. The van der Waals surface area contributed by atoms with E-state index in [9.17, 15) is 4.79 Å². The van der Waals surface area contributed by atoms with Crippen LogP contribution in [-0.2, 0) is 4.74 Å². The van der Waals surface area contributed by atoms with Crippen molar-refractivity contribution in [1.82, 2.24) is 20.4 Å². The van der Waals surface area contributed by atoms with Gasteiger partial charge in [-0.1, -0.05) is 0 Å². The molecule has 1 aliphatic heterocycles. The Morgan fingerprint density at radius 1 is 1.14 bits per heavy atom. The standard InChI is InChI=1S/C22H45N5O2/c1-17(2)27(18(3)4)13-9-12-24-20(23-8)25-16-19-10-14-26(15-11-19)21(28)29-22(5,6)7/h17-19H,9-16H2,1-8H3,(H2,23,24,25). The van der Waals surface area contributed by atoms with Crippen LogP contribution in [0.4, 0.5) is 4.79 Å². The Kier molecular flexibility index (Phi) is 10.8. The molecule has 1 saturated heterocycles. The molecule has 1 heterocycles. The molecule has 7 heteroatoms. The number of likely N-dealkylation sites (tertiary alicyclic amines) is 1. The highest BCUT2D eigenvalue weighted by Gasteiger charge is 2.26. The summed E-state index contributed by atoms with van der Waals surface area (Å²) in [6, 6.07) is 1.14. The molecule has 0 spiro atoms. The van der Waals surface area contributed by atoms with Crippen LogP contribution in [0.2, 0.25) is 0 Å². The number of amides is 1. The van der Waals surface area contributed by atoms with E-state index < -0.39 is 5.60 Å². The summed E-state index contributed by atoms with van der Waals surface area (Å²) in [7, 11) is 1.81. The zero-order chi connectivity index (χ0) is 22.0. The van der Waals surface area contributed by atoms with Gasteiger partial charge < -0.3 is 20.3 Å². The first-order chi connectivity index (χ1) is 13.5. The molecule has 0 atom stereocenters. The van der Waals surface area contributed by atoms with Crippen molar-refractivity contribution in [2.75, 3.05) is 39.8 Å². The number of nitrogens with one attached hydrogen (secondary N) is 2. The van der Waals surface area contributed by atoms with E-state index in [1.807, 2.05) is 32.7 Å². The second kappa shape index (κ2) is 12.3. The van der Waals surface area contributed by atoms with Crippen molar-refractivity contribution >= 4 is 12.1 Å². The topological polar surface area (TPSA) is 69.2 Å². The number of ether oxygens (including phenoxy) is 1. The fourth-order valence-electron chi connectivity index (χ4n) is 3.69. The normalized spacial score (nSPS) is 16.7. The highest BCUT2D eigenvalue weighted by molar-refractivity contribution is 5.79. The van der Waals surface area contributed by atoms with Crippen molar-refractivity contribution in [3.63, 3.8) is 0 Å². The van der Waals surface area contributed by atoms with Gasteiger partial charge in [0.1, 0.15) is 5.60 Å². The summed E-state index contributed by atoms with van der Waals surface area (Å²) in [6.45, 7) is 19.1. The second-order valence-corrected chi connectivity index (χ2v) is 9.57. The predicted molar refractivity (Wildman–Crippen MR) is 121 cm³/mol. The minimum atomic E-state index is -0.435. The molecule has 0 aromatic heterocycles. The molecular weight excluding hydrogens is 366 g/mol. The lowest BCUT2D eigenvalue weighted by Gasteiger charge is -2.33. The third kappa shape index (κ3) is 10.2. The van der Waals surface area contributed by atoms with E-state index in [1.165, 1.54) is 0 Å². The summed E-state index contributed by atoms with van der Waals surface area (Å²) in [5.74, 6) is 1.41. The zero-order valence-electron chi connectivity index (χ0n) is 20.0. The molecule has 0 aromatic carbocycles. The second-order valence-electron chi connectivity index (χ2n) is 9.57. The minimum Gasteiger partial charge on any atom is -0.444 e. The quantitative estimate of drug-likeness (QED) is 0.364. The van der Waals surface area contributed by atoms with Gasteiger partial charge in [-0.15, -0.1) is 0 Å². The summed E-state index contributed by atoms with van der Waals surface area (Å²) >= 11 is 0. The van der Waals surface area contributed by atoms with Gasteiger partial charge in [0.15, 0.2) is 5.96 Å². The van der Waals surface area contributed by atoms with Gasteiger partial charge in [0.05, 0.1) is 0 Å². The Morgan fingerprint density at radius 3 is 2.21 bits per heavy atom. The number of rotatable bonds is 8. The van der Waals surface area contributed by atoms with E-state index in [0.717, 1.165) is 57.9 Å². The van der Waals surface area contributed by atoms with E-state index in [4.69, 9.17) is 4.74 Å². The molecular formula is C22H45N5O2. The summed E-state index contributed by atoms with van der Waals surface area (Å²) in [6.07, 6.45) is 2.87. The monoisotopic (exact) mass is 411 g/mol. The van der Waals surface area contributed by atoms with E-state index in [1.54, 1.807) is 0 Å². The molecule has 2 N–H and O–H groups in total. The van der Waals surface area contributed by atoms with Crippen molar-refractivity contribution in [2.24, 2.45) is 10.9 Å². The first-order valence-corrected chi connectivity index (χ1v) is 11.2. The van der Waals surface area contributed by atoms with Crippen LogP contribution in [0.3, 0.4) is 0 Å². The maximum absolute atomic E-state index is 12.2. The summed E-state index contributed by atoms with van der Waals surface area (Å²) < 4.78 is 5.47. The third-order valence-corrected chi connectivity index (χ3v) is 5.26. The van der Waals surface area contributed by atoms with Crippen LogP contribution in [0, 0.1) is 5.92 Å². The average molecular weight is 412 g/mol. The Balaban J connectivity index is 2.26. The molecule has 0 bridgehead atoms. The smallest absolute Gasteiger partial charge is 0.410 e. The number of nitrogens with zero attached hydrogens (tertiary/aromatic N) is 3. The lowest BCUT2D eigenvalue weighted by molar-refractivity contribution is 0.0185. The number of aliphatic imine (C=N–C) groups is 1. The fraction of sp³-hybridized carbons (Fsp3) is 0.909. The molecule has 7 nitrogen and oxygen atoms in total. The molecule has 1 rings (SSSR count). The molecule has 0 aromatic rings. The van der Waals surface area contributed by atoms with Gasteiger partial charge in [-0.25, -0.2) is 4.79 Å². The van der Waals surface area contributed by atoms with Crippen LogP contribution in [0.1, 0.15) is 67.7 Å². The molecule has 0 unspecified atom stereocenters.